The average molecular weight is 270 g/mol. The summed E-state index contributed by atoms with van der Waals surface area (Å²) in [5.41, 5.74) is 9.44. The molecular weight excluding hydrogens is 246 g/mol. The first kappa shape index (κ1) is 15.3. The minimum Gasteiger partial charge on any atom is -0.492 e. The summed E-state index contributed by atoms with van der Waals surface area (Å²) in [6.07, 6.45) is 2.83. The van der Waals surface area contributed by atoms with Gasteiger partial charge in [-0.05, 0) is 49.8 Å². The summed E-state index contributed by atoms with van der Waals surface area (Å²) in [5.74, 6) is 0.824. The largest absolute Gasteiger partial charge is 0.492 e. The number of hydrogen-bond donors (Lipinski definition) is 1. The van der Waals surface area contributed by atoms with Gasteiger partial charge < -0.3 is 10.5 Å². The quantitative estimate of drug-likeness (QED) is 0.846. The van der Waals surface area contributed by atoms with Gasteiger partial charge in [0.1, 0.15) is 5.75 Å². The van der Waals surface area contributed by atoms with Crippen LogP contribution in [0.25, 0.3) is 0 Å². The van der Waals surface area contributed by atoms with E-state index in [1.54, 1.807) is 0 Å². The summed E-state index contributed by atoms with van der Waals surface area (Å²) in [6, 6.07) is 2.35. The van der Waals surface area contributed by atoms with Gasteiger partial charge in [0.2, 0.25) is 0 Å². The second-order valence-corrected chi connectivity index (χ2v) is 5.22. The van der Waals surface area contributed by atoms with Crippen LogP contribution >= 0.6 is 11.6 Å². The van der Waals surface area contributed by atoms with Gasteiger partial charge in [-0.1, -0.05) is 31.5 Å². The van der Waals surface area contributed by atoms with Gasteiger partial charge >= 0.3 is 0 Å². The molecule has 0 saturated carbocycles. The standard InChI is InChI=1S/C15H24ClNO/c1-5-7-18-15-10(3)8-12(9-13(17)6-2)11(4)14(15)16/h8,13H,5-7,9,17H2,1-4H3. The van der Waals surface area contributed by atoms with Crippen molar-refractivity contribution < 1.29 is 4.74 Å². The lowest BCUT2D eigenvalue weighted by atomic mass is 9.97. The van der Waals surface area contributed by atoms with Gasteiger partial charge in [0, 0.05) is 6.04 Å². The van der Waals surface area contributed by atoms with E-state index < -0.39 is 0 Å². The number of aryl methyl sites for hydroxylation is 1. The smallest absolute Gasteiger partial charge is 0.141 e. The number of nitrogens with two attached hydrogens (primary N) is 1. The number of ether oxygens (including phenoxy) is 1. The van der Waals surface area contributed by atoms with Crippen molar-refractivity contribution in [3.8, 4) is 5.75 Å². The lowest BCUT2D eigenvalue weighted by Crippen LogP contribution is -2.22. The third kappa shape index (κ3) is 3.63. The molecule has 0 bridgehead atoms. The monoisotopic (exact) mass is 269 g/mol. The van der Waals surface area contributed by atoms with E-state index in [1.165, 1.54) is 5.56 Å². The Morgan fingerprint density at radius 3 is 2.56 bits per heavy atom. The molecule has 2 N–H and O–H groups in total. The molecule has 3 heteroatoms. The lowest BCUT2D eigenvalue weighted by Gasteiger charge is -2.17. The SMILES string of the molecule is CCCOc1c(C)cc(CC(N)CC)c(C)c1Cl. The van der Waals surface area contributed by atoms with Crippen LogP contribution in [-0.4, -0.2) is 12.6 Å². The van der Waals surface area contributed by atoms with Crippen LogP contribution < -0.4 is 10.5 Å². The van der Waals surface area contributed by atoms with Crippen molar-refractivity contribution >= 4 is 11.6 Å². The molecule has 1 unspecified atom stereocenters. The third-order valence-corrected chi connectivity index (χ3v) is 3.67. The Labute approximate surface area is 115 Å². The van der Waals surface area contributed by atoms with E-state index in [9.17, 15) is 0 Å². The first-order valence-electron chi connectivity index (χ1n) is 6.68. The van der Waals surface area contributed by atoms with Gasteiger partial charge in [-0.2, -0.15) is 0 Å². The van der Waals surface area contributed by atoms with Crippen molar-refractivity contribution in [2.45, 2.75) is 53.0 Å². The topological polar surface area (TPSA) is 35.2 Å². The molecule has 0 aliphatic heterocycles. The Balaban J connectivity index is 3.03. The second-order valence-electron chi connectivity index (χ2n) is 4.84. The van der Waals surface area contributed by atoms with Crippen LogP contribution in [0.2, 0.25) is 5.02 Å². The van der Waals surface area contributed by atoms with Crippen LogP contribution in [0.4, 0.5) is 0 Å². The Morgan fingerprint density at radius 1 is 1.33 bits per heavy atom. The van der Waals surface area contributed by atoms with Crippen LogP contribution in [0.15, 0.2) is 6.07 Å². The van der Waals surface area contributed by atoms with E-state index in [2.05, 4.69) is 19.9 Å². The highest BCUT2D eigenvalue weighted by Crippen LogP contribution is 2.34. The highest BCUT2D eigenvalue weighted by molar-refractivity contribution is 6.33. The minimum absolute atomic E-state index is 0.196. The van der Waals surface area contributed by atoms with Gasteiger partial charge in [0.25, 0.3) is 0 Å². The average Bonchev–Trinajstić information content (AvgIpc) is 2.35. The molecule has 18 heavy (non-hydrogen) atoms. The van der Waals surface area contributed by atoms with Crippen molar-refractivity contribution in [2.75, 3.05) is 6.61 Å². The molecular formula is C15H24ClNO. The summed E-state index contributed by atoms with van der Waals surface area (Å²) >= 11 is 6.40. The molecule has 0 aliphatic rings. The third-order valence-electron chi connectivity index (χ3n) is 3.22. The van der Waals surface area contributed by atoms with Gasteiger partial charge in [-0.3, -0.25) is 0 Å². The summed E-state index contributed by atoms with van der Waals surface area (Å²) < 4.78 is 5.72. The zero-order chi connectivity index (χ0) is 13.7. The fraction of sp³-hybridized carbons (Fsp3) is 0.600. The summed E-state index contributed by atoms with van der Waals surface area (Å²) in [5, 5.41) is 0.738. The molecule has 1 atom stereocenters. The van der Waals surface area contributed by atoms with E-state index in [4.69, 9.17) is 22.1 Å². The van der Waals surface area contributed by atoms with Crippen LogP contribution in [-0.2, 0) is 6.42 Å². The zero-order valence-corrected chi connectivity index (χ0v) is 12.6. The van der Waals surface area contributed by atoms with E-state index in [0.29, 0.717) is 6.61 Å². The summed E-state index contributed by atoms with van der Waals surface area (Å²) in [6.45, 7) is 8.97. The fourth-order valence-electron chi connectivity index (χ4n) is 1.94. The van der Waals surface area contributed by atoms with Crippen LogP contribution in [0.1, 0.15) is 43.4 Å². The molecule has 1 aromatic carbocycles. The minimum atomic E-state index is 0.196. The Hall–Kier alpha value is -0.730. The molecule has 0 heterocycles. The van der Waals surface area contributed by atoms with Gasteiger partial charge in [0.05, 0.1) is 11.6 Å². The van der Waals surface area contributed by atoms with Gasteiger partial charge in [0.15, 0.2) is 0 Å². The predicted octanol–water partition coefficient (Wildman–Crippen LogP) is 4.03. The fourth-order valence-corrected chi connectivity index (χ4v) is 2.26. The Bertz CT molecular complexity index is 404. The molecule has 2 nitrogen and oxygen atoms in total. The van der Waals surface area contributed by atoms with Crippen LogP contribution in [0, 0.1) is 13.8 Å². The van der Waals surface area contributed by atoms with E-state index in [0.717, 1.165) is 41.2 Å². The number of halogens is 1. The van der Waals surface area contributed by atoms with E-state index >= 15 is 0 Å². The van der Waals surface area contributed by atoms with Gasteiger partial charge in [-0.25, -0.2) is 0 Å². The Morgan fingerprint density at radius 2 is 2.00 bits per heavy atom. The van der Waals surface area contributed by atoms with Crippen molar-refractivity contribution in [3.63, 3.8) is 0 Å². The van der Waals surface area contributed by atoms with Crippen molar-refractivity contribution in [1.82, 2.24) is 0 Å². The van der Waals surface area contributed by atoms with Crippen LogP contribution in [0.3, 0.4) is 0 Å². The molecule has 0 fully saturated rings. The molecule has 0 radical (unpaired) electrons. The molecule has 1 rings (SSSR count). The maximum Gasteiger partial charge on any atom is 0.141 e. The lowest BCUT2D eigenvalue weighted by molar-refractivity contribution is 0.315. The first-order valence-corrected chi connectivity index (χ1v) is 7.05. The van der Waals surface area contributed by atoms with Crippen molar-refractivity contribution in [3.05, 3.63) is 27.8 Å². The predicted molar refractivity (Wildman–Crippen MR) is 78.7 cm³/mol. The first-order chi connectivity index (χ1) is 8.51. The van der Waals surface area contributed by atoms with Crippen molar-refractivity contribution in [1.29, 1.82) is 0 Å². The van der Waals surface area contributed by atoms with E-state index in [-0.39, 0.29) is 6.04 Å². The number of benzene rings is 1. The second kappa shape index (κ2) is 7.01. The molecule has 0 amide bonds. The molecule has 0 aromatic heterocycles. The Kier molecular flexibility index (Phi) is 5.97. The number of hydrogen-bond acceptors (Lipinski definition) is 2. The maximum atomic E-state index is 6.40. The molecule has 102 valence electrons. The summed E-state index contributed by atoms with van der Waals surface area (Å²) in [7, 11) is 0. The molecule has 0 spiro atoms. The molecule has 1 aromatic rings. The van der Waals surface area contributed by atoms with Crippen molar-refractivity contribution in [2.24, 2.45) is 5.73 Å². The summed E-state index contributed by atoms with van der Waals surface area (Å²) in [4.78, 5) is 0. The highest BCUT2D eigenvalue weighted by Gasteiger charge is 2.14. The van der Waals surface area contributed by atoms with Crippen LogP contribution in [0.5, 0.6) is 5.75 Å². The van der Waals surface area contributed by atoms with E-state index in [1.807, 2.05) is 13.8 Å². The maximum absolute atomic E-state index is 6.40. The number of rotatable bonds is 6. The zero-order valence-electron chi connectivity index (χ0n) is 11.8. The normalized spacial score (nSPS) is 12.6. The molecule has 0 saturated heterocycles. The van der Waals surface area contributed by atoms with Gasteiger partial charge in [-0.15, -0.1) is 0 Å². The highest BCUT2D eigenvalue weighted by atomic mass is 35.5. The molecule has 0 aliphatic carbocycles.